The van der Waals surface area contributed by atoms with Crippen LogP contribution in [0.25, 0.3) is 27.6 Å². The Kier molecular flexibility index (Phi) is 6.16. The van der Waals surface area contributed by atoms with Gasteiger partial charge in [-0.1, -0.05) is 77.9 Å². The smallest absolute Gasteiger partial charge is 0.206 e. The molecule has 1 fully saturated rings. The van der Waals surface area contributed by atoms with E-state index in [9.17, 15) is 8.42 Å². The molecule has 0 spiro atoms. The van der Waals surface area contributed by atoms with Gasteiger partial charge >= 0.3 is 0 Å². The van der Waals surface area contributed by atoms with E-state index in [0.29, 0.717) is 9.38 Å². The van der Waals surface area contributed by atoms with Gasteiger partial charge in [-0.05, 0) is 64.4 Å². The third-order valence-corrected chi connectivity index (χ3v) is 11.9. The molecule has 5 heterocycles. The van der Waals surface area contributed by atoms with Gasteiger partial charge in [-0.3, -0.25) is 9.05 Å². The van der Waals surface area contributed by atoms with Crippen LogP contribution in [-0.2, 0) is 20.7 Å². The molecule has 238 valence electrons. The molecule has 0 N–H and O–H groups in total. The number of para-hydroxylation sites is 1. The molecular weight excluding hydrogens is 601 g/mol. The van der Waals surface area contributed by atoms with E-state index in [4.69, 9.17) is 4.98 Å². The average molecular weight is 642 g/mol. The molecule has 1 saturated heterocycles. The van der Waals surface area contributed by atoms with Gasteiger partial charge < -0.3 is 4.48 Å². The van der Waals surface area contributed by atoms with Crippen LogP contribution in [0.5, 0.6) is 0 Å². The van der Waals surface area contributed by atoms with Gasteiger partial charge in [0, 0.05) is 35.2 Å². The highest BCUT2D eigenvalue weighted by Crippen LogP contribution is 2.61. The van der Waals surface area contributed by atoms with Gasteiger partial charge in [-0.2, -0.15) is 0 Å². The predicted molar refractivity (Wildman–Crippen MR) is 193 cm³/mol. The van der Waals surface area contributed by atoms with Crippen molar-refractivity contribution in [3.05, 3.63) is 121 Å². The number of fused-ring (bicyclic) bond motifs is 3. The Morgan fingerprint density at radius 2 is 1.38 bits per heavy atom. The van der Waals surface area contributed by atoms with E-state index in [0.717, 1.165) is 50.0 Å². The molecule has 2 aromatic heterocycles. The number of pyridine rings is 1. The maximum Gasteiger partial charge on any atom is 0.206 e. The monoisotopic (exact) mass is 641 g/mol. The molecule has 0 saturated carbocycles. The summed E-state index contributed by atoms with van der Waals surface area (Å²) in [4.78, 5) is 5.33. The van der Waals surface area contributed by atoms with Crippen LogP contribution in [0, 0.1) is 6.67 Å². The van der Waals surface area contributed by atoms with E-state index in [-0.39, 0.29) is 15.7 Å². The molecule has 9 rings (SSSR count). The maximum absolute atomic E-state index is 14.4. The van der Waals surface area contributed by atoms with Crippen molar-refractivity contribution in [1.29, 1.82) is 0 Å². The van der Waals surface area contributed by atoms with Gasteiger partial charge in [0.25, 0.3) is 0 Å². The highest BCUT2D eigenvalue weighted by Gasteiger charge is 2.59. The highest BCUT2D eigenvalue weighted by molar-refractivity contribution is 7.91. The fourth-order valence-corrected chi connectivity index (χ4v) is 8.90. The van der Waals surface area contributed by atoms with Crippen molar-refractivity contribution in [1.82, 2.24) is 18.5 Å². The lowest BCUT2D eigenvalue weighted by Crippen LogP contribution is -2.68. The average Bonchev–Trinajstić information content (AvgIpc) is 3.59. The van der Waals surface area contributed by atoms with Crippen molar-refractivity contribution in [3.8, 4) is 5.82 Å². The zero-order valence-electron chi connectivity index (χ0n) is 28.1. The van der Waals surface area contributed by atoms with Crippen molar-refractivity contribution in [2.24, 2.45) is 0 Å². The molecule has 2 bridgehead atoms. The summed E-state index contributed by atoms with van der Waals surface area (Å²) >= 11 is 0. The molecule has 0 radical (unpaired) electrons. The van der Waals surface area contributed by atoms with E-state index in [1.54, 1.807) is 12.1 Å². The molecule has 2 atom stereocenters. The summed E-state index contributed by atoms with van der Waals surface area (Å²) in [7, 11) is -1.61. The van der Waals surface area contributed by atoms with E-state index >= 15 is 0 Å². The first-order chi connectivity index (χ1) is 22.1. The van der Waals surface area contributed by atoms with Crippen LogP contribution in [0.15, 0.2) is 113 Å². The summed E-state index contributed by atoms with van der Waals surface area (Å²) in [5.74, 6) is 0.771. The first-order valence-corrected chi connectivity index (χ1v) is 17.7. The van der Waals surface area contributed by atoms with Gasteiger partial charge in [-0.25, -0.2) is 13.4 Å². The highest BCUT2D eigenvalue weighted by atomic mass is 32.2. The quantitative estimate of drug-likeness (QED) is 0.142. The molecule has 4 aromatic carbocycles. The second-order valence-corrected chi connectivity index (χ2v) is 17.5. The van der Waals surface area contributed by atoms with E-state index in [1.807, 2.05) is 48.7 Å². The largest absolute Gasteiger partial charge is 0.325 e. The molecule has 3 aliphatic heterocycles. The normalized spacial score (nSPS) is 20.8. The number of nitrogens with zero attached hydrogens (tertiary/aromatic N) is 4. The standard InChI is InChI=1S/C40H41N4O2S/c1-39(2,3)27-15-18-36-37(21-27)43(7)25-44(36,26-43)29-11-10-12-30(23-29)47(45,46)31-16-17-33-32-13-8-9-14-34(32)42(35(33)24-31)38-22-28(19-20-41-38)40(4,5)6/h8-25H,26H2,1-7H3/q+1/t43-,44+/m0/s1. The zero-order chi connectivity index (χ0) is 33.1. The minimum atomic E-state index is -3.84. The van der Waals surface area contributed by atoms with Crippen molar-refractivity contribution in [3.63, 3.8) is 0 Å². The molecule has 0 aliphatic carbocycles. The summed E-state index contributed by atoms with van der Waals surface area (Å²) in [6, 6.07) is 32.2. The zero-order valence-corrected chi connectivity index (χ0v) is 28.9. The number of quaternary nitrogens is 2. The van der Waals surface area contributed by atoms with E-state index in [1.165, 1.54) is 16.9 Å². The fraction of sp³-hybridized carbons (Fsp3) is 0.250. The number of benzene rings is 4. The number of sulfone groups is 1. The van der Waals surface area contributed by atoms with Crippen LogP contribution in [0.3, 0.4) is 0 Å². The van der Waals surface area contributed by atoms with Crippen molar-refractivity contribution in [2.75, 3.05) is 13.7 Å². The van der Waals surface area contributed by atoms with Crippen LogP contribution in [0.2, 0.25) is 0 Å². The lowest BCUT2D eigenvalue weighted by atomic mass is 9.86. The first kappa shape index (κ1) is 30.1. The molecule has 3 aliphatic rings. The summed E-state index contributed by atoms with van der Waals surface area (Å²) < 4.78 is 32.2. The third-order valence-electron chi connectivity index (χ3n) is 10.2. The molecule has 6 aromatic rings. The minimum Gasteiger partial charge on any atom is -0.325 e. The Morgan fingerprint density at radius 1 is 0.702 bits per heavy atom. The summed E-state index contributed by atoms with van der Waals surface area (Å²) in [6.07, 6.45) is 1.84. The van der Waals surface area contributed by atoms with Gasteiger partial charge in [0.05, 0.1) is 34.5 Å². The summed E-state index contributed by atoms with van der Waals surface area (Å²) in [5.41, 5.74) is 7.73. The van der Waals surface area contributed by atoms with E-state index < -0.39 is 9.84 Å². The summed E-state index contributed by atoms with van der Waals surface area (Å²) in [5, 5.41) is 2.05. The van der Waals surface area contributed by atoms with Gasteiger partial charge in [0.2, 0.25) is 9.84 Å². The van der Waals surface area contributed by atoms with Crippen LogP contribution >= 0.6 is 0 Å². The van der Waals surface area contributed by atoms with Crippen molar-refractivity contribution in [2.45, 2.75) is 62.2 Å². The number of hydrogen-bond donors (Lipinski definition) is 0. The first-order valence-electron chi connectivity index (χ1n) is 16.2. The number of rotatable bonds is 4. The van der Waals surface area contributed by atoms with Crippen LogP contribution in [-0.4, -0.2) is 31.7 Å². The Bertz CT molecular complexity index is 2370. The van der Waals surface area contributed by atoms with Gasteiger partial charge in [0.1, 0.15) is 11.5 Å². The Balaban J connectivity index is 1.24. The van der Waals surface area contributed by atoms with Crippen molar-refractivity contribution >= 4 is 48.7 Å². The van der Waals surface area contributed by atoms with Crippen LogP contribution in [0.4, 0.5) is 17.1 Å². The Hall–Kier alpha value is -4.30. The van der Waals surface area contributed by atoms with Gasteiger partial charge in [0.15, 0.2) is 18.0 Å². The number of aromatic nitrogens is 2. The number of hydrogen-bond acceptors (Lipinski definition) is 3. The molecule has 0 unspecified atom stereocenters. The van der Waals surface area contributed by atoms with Gasteiger partial charge in [-0.15, -0.1) is 0 Å². The second-order valence-electron chi connectivity index (χ2n) is 15.5. The fourth-order valence-electron chi connectivity index (χ4n) is 7.58. The Labute approximate surface area is 277 Å². The SMILES string of the molecule is CC(C)(C)c1ccnc(-n2c3ccccc3c3ccc(S(=O)(=O)c4cccc([N@@+]56[CH-][N@@+](C)(C5)c5cc(C(C)(C)C)ccc56)c4)cc32)c1. The lowest BCUT2D eigenvalue weighted by molar-refractivity contribution is 0.157. The predicted octanol–water partition coefficient (Wildman–Crippen LogP) is 9.29. The maximum atomic E-state index is 14.4. The van der Waals surface area contributed by atoms with Crippen LogP contribution < -0.4 is 8.97 Å². The molecule has 7 heteroatoms. The second kappa shape index (κ2) is 9.63. The van der Waals surface area contributed by atoms with Crippen LogP contribution in [0.1, 0.15) is 52.7 Å². The lowest BCUT2D eigenvalue weighted by Gasteiger charge is -2.54. The molecular formula is C40H41N4O2S+. The molecule has 0 amide bonds. The Morgan fingerprint density at radius 3 is 2.13 bits per heavy atom. The topological polar surface area (TPSA) is 52.0 Å². The third kappa shape index (κ3) is 4.37. The van der Waals surface area contributed by atoms with E-state index in [2.05, 4.69) is 102 Å². The summed E-state index contributed by atoms with van der Waals surface area (Å²) in [6.45, 7) is 16.4. The molecule has 6 nitrogen and oxygen atoms in total. The minimum absolute atomic E-state index is 0.0503. The molecule has 47 heavy (non-hydrogen) atoms. The van der Waals surface area contributed by atoms with Crippen molar-refractivity contribution < 1.29 is 8.42 Å².